The molecule has 0 bridgehead atoms. The zero-order valence-electron chi connectivity index (χ0n) is 15.5. The fourth-order valence-electron chi connectivity index (χ4n) is 2.19. The maximum Gasteiger partial charge on any atom is 0.338 e. The van der Waals surface area contributed by atoms with E-state index in [1.165, 1.54) is 30.3 Å². The molecule has 0 aliphatic carbocycles. The maximum atomic E-state index is 12.0. The van der Waals surface area contributed by atoms with E-state index >= 15 is 0 Å². The van der Waals surface area contributed by atoms with Crippen molar-refractivity contribution in [2.75, 3.05) is 13.2 Å². The largest absolute Gasteiger partial charge is 0.452 e. The SMILES string of the molecule is C=CCNS(=O)(=O)c1ccc(C(=O)OCC(=O)NCc2ccc(C)cc2)cc1. The van der Waals surface area contributed by atoms with Crippen molar-refractivity contribution in [2.24, 2.45) is 0 Å². The number of carbonyl (C=O) groups is 2. The normalized spacial score (nSPS) is 10.9. The van der Waals surface area contributed by atoms with Crippen molar-refractivity contribution in [3.05, 3.63) is 77.9 Å². The number of benzene rings is 2. The number of amides is 1. The molecular weight excluding hydrogens is 380 g/mol. The molecule has 28 heavy (non-hydrogen) atoms. The predicted octanol–water partition coefficient (Wildman–Crippen LogP) is 1.93. The van der Waals surface area contributed by atoms with E-state index in [1.807, 2.05) is 31.2 Å². The van der Waals surface area contributed by atoms with Crippen molar-refractivity contribution in [1.82, 2.24) is 10.0 Å². The highest BCUT2D eigenvalue weighted by molar-refractivity contribution is 7.89. The number of hydrogen-bond donors (Lipinski definition) is 2. The second-order valence-electron chi connectivity index (χ2n) is 6.00. The Morgan fingerprint density at radius 3 is 2.32 bits per heavy atom. The van der Waals surface area contributed by atoms with Crippen molar-refractivity contribution in [1.29, 1.82) is 0 Å². The lowest BCUT2D eigenvalue weighted by Crippen LogP contribution is -2.28. The second kappa shape index (κ2) is 9.82. The van der Waals surface area contributed by atoms with Gasteiger partial charge in [0.1, 0.15) is 0 Å². The van der Waals surface area contributed by atoms with Crippen molar-refractivity contribution >= 4 is 21.9 Å². The monoisotopic (exact) mass is 402 g/mol. The number of rotatable bonds is 9. The number of ether oxygens (including phenoxy) is 1. The van der Waals surface area contributed by atoms with Crippen LogP contribution in [0.25, 0.3) is 0 Å². The summed E-state index contributed by atoms with van der Waals surface area (Å²) in [5, 5.41) is 2.66. The molecule has 0 radical (unpaired) electrons. The second-order valence-corrected chi connectivity index (χ2v) is 7.77. The molecule has 0 unspecified atom stereocenters. The molecule has 0 saturated carbocycles. The Bertz CT molecular complexity index is 936. The Kier molecular flexibility index (Phi) is 7.48. The molecule has 1 amide bonds. The van der Waals surface area contributed by atoms with E-state index in [2.05, 4.69) is 16.6 Å². The van der Waals surface area contributed by atoms with E-state index in [4.69, 9.17) is 4.74 Å². The molecule has 7 nitrogen and oxygen atoms in total. The minimum atomic E-state index is -3.66. The zero-order chi connectivity index (χ0) is 20.6. The molecule has 0 spiro atoms. The quantitative estimate of drug-likeness (QED) is 0.493. The molecule has 0 aliphatic rings. The van der Waals surface area contributed by atoms with Gasteiger partial charge >= 0.3 is 5.97 Å². The molecule has 2 rings (SSSR count). The van der Waals surface area contributed by atoms with Crippen LogP contribution in [-0.2, 0) is 26.1 Å². The molecule has 0 saturated heterocycles. The lowest BCUT2D eigenvalue weighted by molar-refractivity contribution is -0.124. The Labute approximate surface area is 164 Å². The van der Waals surface area contributed by atoms with Gasteiger partial charge in [0.15, 0.2) is 6.61 Å². The first-order valence-electron chi connectivity index (χ1n) is 8.52. The third-order valence-corrected chi connectivity index (χ3v) is 5.20. The summed E-state index contributed by atoms with van der Waals surface area (Å²) in [4.78, 5) is 23.8. The lowest BCUT2D eigenvalue weighted by Gasteiger charge is -2.08. The minimum Gasteiger partial charge on any atom is -0.452 e. The van der Waals surface area contributed by atoms with Gasteiger partial charge in [-0.3, -0.25) is 4.79 Å². The van der Waals surface area contributed by atoms with Gasteiger partial charge in [-0.25, -0.2) is 17.9 Å². The first kappa shape index (κ1) is 21.3. The Morgan fingerprint density at radius 1 is 1.07 bits per heavy atom. The van der Waals surface area contributed by atoms with E-state index in [1.54, 1.807) is 0 Å². The van der Waals surface area contributed by atoms with E-state index in [-0.39, 0.29) is 17.0 Å². The zero-order valence-corrected chi connectivity index (χ0v) is 16.3. The molecule has 148 valence electrons. The molecule has 8 heteroatoms. The highest BCUT2D eigenvalue weighted by Gasteiger charge is 2.15. The van der Waals surface area contributed by atoms with E-state index in [0.717, 1.165) is 11.1 Å². The minimum absolute atomic E-state index is 0.0155. The third-order valence-electron chi connectivity index (χ3n) is 3.76. The highest BCUT2D eigenvalue weighted by Crippen LogP contribution is 2.11. The molecule has 0 fully saturated rings. The lowest BCUT2D eigenvalue weighted by atomic mass is 10.1. The Balaban J connectivity index is 1.84. The number of nitrogens with one attached hydrogen (secondary N) is 2. The van der Waals surface area contributed by atoms with Gasteiger partial charge in [-0.1, -0.05) is 35.9 Å². The fraction of sp³-hybridized carbons (Fsp3) is 0.200. The van der Waals surface area contributed by atoms with Crippen LogP contribution in [0.2, 0.25) is 0 Å². The molecule has 2 aromatic carbocycles. The van der Waals surface area contributed by atoms with Crippen molar-refractivity contribution in [2.45, 2.75) is 18.4 Å². The van der Waals surface area contributed by atoms with Crippen LogP contribution in [0.15, 0.2) is 66.1 Å². The molecular formula is C20H22N2O5S. The van der Waals surface area contributed by atoms with Crippen LogP contribution in [0.1, 0.15) is 21.5 Å². The fourth-order valence-corrected chi connectivity index (χ4v) is 3.19. The molecule has 0 aromatic heterocycles. The first-order valence-corrected chi connectivity index (χ1v) is 10.00. The van der Waals surface area contributed by atoms with Crippen LogP contribution in [0, 0.1) is 6.92 Å². The molecule has 0 heterocycles. The number of hydrogen-bond acceptors (Lipinski definition) is 5. The predicted molar refractivity (Wildman–Crippen MR) is 105 cm³/mol. The Hall–Kier alpha value is -2.97. The molecule has 2 N–H and O–H groups in total. The smallest absolute Gasteiger partial charge is 0.338 e. The summed E-state index contributed by atoms with van der Waals surface area (Å²) in [6.07, 6.45) is 1.42. The summed E-state index contributed by atoms with van der Waals surface area (Å²) in [5.41, 5.74) is 2.21. The van der Waals surface area contributed by atoms with Crippen molar-refractivity contribution < 1.29 is 22.7 Å². The average Bonchev–Trinajstić information content (AvgIpc) is 2.70. The van der Waals surface area contributed by atoms with E-state index < -0.39 is 28.5 Å². The van der Waals surface area contributed by atoms with E-state index in [9.17, 15) is 18.0 Å². The summed E-state index contributed by atoms with van der Waals surface area (Å²) >= 11 is 0. The summed E-state index contributed by atoms with van der Waals surface area (Å²) in [7, 11) is -3.66. The van der Waals surface area contributed by atoms with Gasteiger partial charge in [-0.15, -0.1) is 6.58 Å². The topological polar surface area (TPSA) is 102 Å². The summed E-state index contributed by atoms with van der Waals surface area (Å²) in [6.45, 7) is 5.43. The van der Waals surface area contributed by atoms with Crippen LogP contribution in [0.4, 0.5) is 0 Å². The third kappa shape index (κ3) is 6.33. The van der Waals surface area contributed by atoms with Gasteiger partial charge in [0.05, 0.1) is 10.5 Å². The average molecular weight is 402 g/mol. The maximum absolute atomic E-state index is 12.0. The standard InChI is InChI=1S/C20H22N2O5S/c1-3-12-22-28(25,26)18-10-8-17(9-11-18)20(24)27-14-19(23)21-13-16-6-4-15(2)5-7-16/h3-11,22H,1,12-14H2,2H3,(H,21,23). The van der Waals surface area contributed by atoms with Gasteiger partial charge in [0.25, 0.3) is 5.91 Å². The number of esters is 1. The first-order chi connectivity index (χ1) is 13.3. The van der Waals surface area contributed by atoms with Gasteiger partial charge < -0.3 is 10.1 Å². The Morgan fingerprint density at radius 2 is 1.71 bits per heavy atom. The van der Waals surface area contributed by atoms with Crippen LogP contribution >= 0.6 is 0 Å². The van der Waals surface area contributed by atoms with Gasteiger partial charge in [0, 0.05) is 13.1 Å². The highest BCUT2D eigenvalue weighted by atomic mass is 32.2. The van der Waals surface area contributed by atoms with Gasteiger partial charge in [0.2, 0.25) is 10.0 Å². The van der Waals surface area contributed by atoms with Gasteiger partial charge in [-0.2, -0.15) is 0 Å². The van der Waals surface area contributed by atoms with E-state index in [0.29, 0.717) is 6.54 Å². The van der Waals surface area contributed by atoms with Crippen LogP contribution in [-0.4, -0.2) is 33.4 Å². The van der Waals surface area contributed by atoms with Crippen molar-refractivity contribution in [3.8, 4) is 0 Å². The van der Waals surface area contributed by atoms with Crippen molar-refractivity contribution in [3.63, 3.8) is 0 Å². The molecule has 2 aromatic rings. The van der Waals surface area contributed by atoms with Crippen LogP contribution < -0.4 is 10.0 Å². The number of carbonyl (C=O) groups excluding carboxylic acids is 2. The summed E-state index contributed by atoms with van der Waals surface area (Å²) in [6, 6.07) is 12.9. The summed E-state index contributed by atoms with van der Waals surface area (Å²) < 4.78 is 31.2. The summed E-state index contributed by atoms with van der Waals surface area (Å²) in [5.74, 6) is -1.14. The molecule has 0 aliphatic heterocycles. The van der Waals surface area contributed by atoms with Gasteiger partial charge in [-0.05, 0) is 36.8 Å². The van der Waals surface area contributed by atoms with Crippen LogP contribution in [0.5, 0.6) is 0 Å². The number of sulfonamides is 1. The van der Waals surface area contributed by atoms with Crippen LogP contribution in [0.3, 0.4) is 0 Å². The number of aryl methyl sites for hydroxylation is 1. The molecule has 0 atom stereocenters.